The molecule has 0 spiro atoms. The number of carbonyl (C=O) groups excluding carboxylic acids is 1. The predicted octanol–water partition coefficient (Wildman–Crippen LogP) is 5.69. The topological polar surface area (TPSA) is 54.5 Å². The van der Waals surface area contributed by atoms with Crippen molar-refractivity contribution in [2.75, 3.05) is 23.3 Å². The maximum absolute atomic E-state index is 12.7. The van der Waals surface area contributed by atoms with Gasteiger partial charge in [-0.25, -0.2) is 4.98 Å². The lowest BCUT2D eigenvalue weighted by Gasteiger charge is -2.35. The molecule has 1 aromatic heterocycles. The Bertz CT molecular complexity index is 1090. The lowest BCUT2D eigenvalue weighted by Crippen LogP contribution is -2.45. The average Bonchev–Trinajstić information content (AvgIpc) is 3.23. The summed E-state index contributed by atoms with van der Waals surface area (Å²) in [6.45, 7) is 5.64. The van der Waals surface area contributed by atoms with Crippen LogP contribution in [0.5, 0.6) is 0 Å². The van der Waals surface area contributed by atoms with E-state index in [2.05, 4.69) is 10.2 Å². The molecule has 1 N–H and O–H groups in total. The Morgan fingerprint density at radius 2 is 1.81 bits per heavy atom. The summed E-state index contributed by atoms with van der Waals surface area (Å²) in [5.41, 5.74) is 1.53. The van der Waals surface area contributed by atoms with Crippen molar-refractivity contribution >= 4 is 28.1 Å². The monoisotopic (exact) mass is 461 g/mol. The smallest absolute Gasteiger partial charge is 0.372 e. The number of ether oxygens (including phenoxy) is 1. The Hall–Kier alpha value is -2.91. The third-order valence-corrected chi connectivity index (χ3v) is 5.97. The quantitative estimate of drug-likeness (QED) is 0.542. The maximum atomic E-state index is 12.7. The minimum atomic E-state index is -4.44. The Balaban J connectivity index is 1.47. The summed E-state index contributed by atoms with van der Waals surface area (Å²) in [4.78, 5) is 19.4. The second kappa shape index (κ2) is 8.91. The molecule has 0 saturated carbocycles. The van der Waals surface area contributed by atoms with Gasteiger partial charge in [0.15, 0.2) is 5.13 Å². The molecule has 1 amide bonds. The van der Waals surface area contributed by atoms with E-state index in [1.165, 1.54) is 12.1 Å². The minimum Gasteiger partial charge on any atom is -0.372 e. The summed E-state index contributed by atoms with van der Waals surface area (Å²) in [6, 6.07) is 11.4. The van der Waals surface area contributed by atoms with Crippen molar-refractivity contribution in [3.8, 4) is 11.3 Å². The molecule has 0 bridgehead atoms. The number of hydrogen-bond acceptors (Lipinski definition) is 5. The van der Waals surface area contributed by atoms with Crippen LogP contribution in [0.25, 0.3) is 11.3 Å². The van der Waals surface area contributed by atoms with Gasteiger partial charge in [-0.2, -0.15) is 13.2 Å². The number of benzene rings is 2. The second-order valence-electron chi connectivity index (χ2n) is 7.79. The summed E-state index contributed by atoms with van der Waals surface area (Å²) in [5.74, 6) is -0.480. The van der Waals surface area contributed by atoms with E-state index in [-0.39, 0.29) is 17.8 Å². The van der Waals surface area contributed by atoms with E-state index in [4.69, 9.17) is 9.72 Å². The molecule has 2 aromatic carbocycles. The Kier molecular flexibility index (Phi) is 6.21. The first-order chi connectivity index (χ1) is 15.2. The zero-order valence-corrected chi connectivity index (χ0v) is 18.3. The fourth-order valence-corrected chi connectivity index (χ4v) is 4.50. The van der Waals surface area contributed by atoms with Crippen LogP contribution in [0.1, 0.15) is 29.8 Å². The first kappa shape index (κ1) is 22.3. The third-order valence-electron chi connectivity index (χ3n) is 5.07. The van der Waals surface area contributed by atoms with E-state index in [1.54, 1.807) is 29.5 Å². The van der Waals surface area contributed by atoms with E-state index in [9.17, 15) is 18.0 Å². The van der Waals surface area contributed by atoms with Gasteiger partial charge < -0.3 is 15.0 Å². The van der Waals surface area contributed by atoms with Crippen LogP contribution in [0.4, 0.5) is 24.0 Å². The molecular formula is C23H22F3N3O2S. The normalized spacial score (nSPS) is 19.1. The van der Waals surface area contributed by atoms with Gasteiger partial charge in [0.2, 0.25) is 0 Å². The highest BCUT2D eigenvalue weighted by molar-refractivity contribution is 7.14. The maximum Gasteiger partial charge on any atom is 0.416 e. The van der Waals surface area contributed by atoms with Gasteiger partial charge in [0, 0.05) is 35.3 Å². The van der Waals surface area contributed by atoms with Crippen molar-refractivity contribution in [1.29, 1.82) is 0 Å². The Morgan fingerprint density at radius 1 is 1.12 bits per heavy atom. The Labute approximate surface area is 187 Å². The van der Waals surface area contributed by atoms with Crippen LogP contribution in [0.2, 0.25) is 0 Å². The molecule has 4 rings (SSSR count). The standard InChI is InChI=1S/C23H22F3N3O2S/c1-14-11-29(12-15(2)31-14)22-28-20(13-32-22)17-4-3-5-19(10-17)27-21(30)16-6-8-18(9-7-16)23(24,25)26/h3-10,13-15H,11-12H2,1-2H3,(H,27,30). The van der Waals surface area contributed by atoms with Gasteiger partial charge in [-0.05, 0) is 50.2 Å². The van der Waals surface area contributed by atoms with Gasteiger partial charge in [-0.3, -0.25) is 4.79 Å². The summed E-state index contributed by atoms with van der Waals surface area (Å²) in [6.07, 6.45) is -4.17. The predicted molar refractivity (Wildman–Crippen MR) is 119 cm³/mol. The molecule has 1 fully saturated rings. The molecule has 32 heavy (non-hydrogen) atoms. The first-order valence-corrected chi connectivity index (χ1v) is 11.0. The number of nitrogens with one attached hydrogen (secondary N) is 1. The number of alkyl halides is 3. The molecule has 2 atom stereocenters. The van der Waals surface area contributed by atoms with Crippen molar-refractivity contribution < 1.29 is 22.7 Å². The van der Waals surface area contributed by atoms with Crippen LogP contribution in [0.3, 0.4) is 0 Å². The number of nitrogens with zero attached hydrogens (tertiary/aromatic N) is 2. The van der Waals surface area contributed by atoms with E-state index < -0.39 is 17.6 Å². The number of anilines is 2. The van der Waals surface area contributed by atoms with E-state index in [0.29, 0.717) is 5.69 Å². The molecule has 0 radical (unpaired) electrons. The van der Waals surface area contributed by atoms with Crippen molar-refractivity contribution in [2.45, 2.75) is 32.2 Å². The van der Waals surface area contributed by atoms with Crippen LogP contribution in [0, 0.1) is 0 Å². The molecule has 5 nitrogen and oxygen atoms in total. The summed E-state index contributed by atoms with van der Waals surface area (Å²) >= 11 is 1.55. The zero-order valence-electron chi connectivity index (χ0n) is 17.5. The van der Waals surface area contributed by atoms with Gasteiger partial charge in [0.1, 0.15) is 0 Å². The zero-order chi connectivity index (χ0) is 22.9. The number of carbonyl (C=O) groups is 1. The molecule has 9 heteroatoms. The van der Waals surface area contributed by atoms with Gasteiger partial charge in [0.05, 0.1) is 23.5 Å². The lowest BCUT2D eigenvalue weighted by atomic mass is 10.1. The van der Waals surface area contributed by atoms with Gasteiger partial charge in [-0.15, -0.1) is 11.3 Å². The highest BCUT2D eigenvalue weighted by Crippen LogP contribution is 2.31. The fraction of sp³-hybridized carbons (Fsp3) is 0.304. The molecule has 1 aliphatic rings. The number of thiazole rings is 1. The number of aromatic nitrogens is 1. The summed E-state index contributed by atoms with van der Waals surface area (Å²) < 4.78 is 43.9. The van der Waals surface area contributed by atoms with Crippen LogP contribution in [0.15, 0.2) is 53.9 Å². The van der Waals surface area contributed by atoms with Crippen LogP contribution < -0.4 is 10.2 Å². The van der Waals surface area contributed by atoms with Gasteiger partial charge in [-0.1, -0.05) is 12.1 Å². The SMILES string of the molecule is CC1CN(c2nc(-c3cccc(NC(=O)c4ccc(C(F)(F)F)cc4)c3)cs2)CC(C)O1. The molecule has 2 heterocycles. The first-order valence-electron chi connectivity index (χ1n) is 10.1. The highest BCUT2D eigenvalue weighted by atomic mass is 32.1. The molecule has 1 aliphatic heterocycles. The van der Waals surface area contributed by atoms with E-state index >= 15 is 0 Å². The molecule has 168 valence electrons. The molecule has 0 aliphatic carbocycles. The van der Waals surface area contributed by atoms with Crippen molar-refractivity contribution in [3.63, 3.8) is 0 Å². The molecule has 2 unspecified atom stereocenters. The second-order valence-corrected chi connectivity index (χ2v) is 8.62. The highest BCUT2D eigenvalue weighted by Gasteiger charge is 2.30. The van der Waals surface area contributed by atoms with Crippen LogP contribution in [-0.4, -0.2) is 36.2 Å². The summed E-state index contributed by atoms with van der Waals surface area (Å²) in [7, 11) is 0. The third kappa shape index (κ3) is 5.11. The number of rotatable bonds is 4. The Morgan fingerprint density at radius 3 is 2.47 bits per heavy atom. The van der Waals surface area contributed by atoms with E-state index in [0.717, 1.165) is 41.6 Å². The molecule has 3 aromatic rings. The minimum absolute atomic E-state index is 0.134. The average molecular weight is 462 g/mol. The van der Waals surface area contributed by atoms with E-state index in [1.807, 2.05) is 25.3 Å². The van der Waals surface area contributed by atoms with Gasteiger partial charge in [0.25, 0.3) is 5.91 Å². The van der Waals surface area contributed by atoms with Crippen LogP contribution in [-0.2, 0) is 10.9 Å². The number of halogens is 3. The largest absolute Gasteiger partial charge is 0.416 e. The molecule has 1 saturated heterocycles. The van der Waals surface area contributed by atoms with Crippen molar-refractivity contribution in [2.24, 2.45) is 0 Å². The van der Waals surface area contributed by atoms with Crippen LogP contribution >= 0.6 is 11.3 Å². The van der Waals surface area contributed by atoms with Crippen molar-refractivity contribution in [3.05, 3.63) is 65.0 Å². The fourth-order valence-electron chi connectivity index (χ4n) is 3.65. The van der Waals surface area contributed by atoms with Crippen molar-refractivity contribution in [1.82, 2.24) is 4.98 Å². The number of morpholine rings is 1. The number of hydrogen-bond donors (Lipinski definition) is 1. The lowest BCUT2D eigenvalue weighted by molar-refractivity contribution is -0.137. The summed E-state index contributed by atoms with van der Waals surface area (Å²) in [5, 5.41) is 5.62. The number of amides is 1. The molecular weight excluding hydrogens is 439 g/mol. The van der Waals surface area contributed by atoms with Gasteiger partial charge >= 0.3 is 6.18 Å².